The normalized spacial score (nSPS) is 14.4. The van der Waals surface area contributed by atoms with Crippen molar-refractivity contribution in [3.8, 4) is 11.5 Å². The van der Waals surface area contributed by atoms with Gasteiger partial charge in [-0.05, 0) is 38.1 Å². The molecule has 3 aromatic heterocycles. The molecule has 0 aliphatic carbocycles. The summed E-state index contributed by atoms with van der Waals surface area (Å²) in [5, 5.41) is 11.8. The number of aliphatic hydroxyl groups is 1. The molecule has 0 atom stereocenters. The van der Waals surface area contributed by atoms with E-state index in [1.807, 2.05) is 25.1 Å². The highest BCUT2D eigenvalue weighted by molar-refractivity contribution is 6.04. The zero-order chi connectivity index (χ0) is 22.5. The molecule has 10 heteroatoms. The molecule has 4 rings (SSSR count). The second-order valence-electron chi connectivity index (χ2n) is 7.55. The van der Waals surface area contributed by atoms with Gasteiger partial charge in [0.15, 0.2) is 5.82 Å². The van der Waals surface area contributed by atoms with Crippen molar-refractivity contribution in [3.63, 3.8) is 0 Å². The number of nitrogens with zero attached hydrogens (tertiary/aromatic N) is 7. The molecule has 1 amide bonds. The van der Waals surface area contributed by atoms with Crippen molar-refractivity contribution in [2.24, 2.45) is 0 Å². The minimum atomic E-state index is -0.327. The molecule has 0 bridgehead atoms. The molecule has 32 heavy (non-hydrogen) atoms. The van der Waals surface area contributed by atoms with Gasteiger partial charge in [0.05, 0.1) is 17.9 Å². The lowest BCUT2D eigenvalue weighted by Gasteiger charge is -2.35. The van der Waals surface area contributed by atoms with Gasteiger partial charge in [0, 0.05) is 38.9 Å². The van der Waals surface area contributed by atoms with Gasteiger partial charge in [-0.1, -0.05) is 6.07 Å². The first kappa shape index (κ1) is 21.7. The topological polar surface area (TPSA) is 120 Å². The molecule has 2 N–H and O–H groups in total. The Kier molecular flexibility index (Phi) is 6.62. The minimum Gasteiger partial charge on any atom is -0.395 e. The third-order valence-electron chi connectivity index (χ3n) is 5.29. The van der Waals surface area contributed by atoms with Crippen LogP contribution in [0.3, 0.4) is 0 Å². The van der Waals surface area contributed by atoms with Crippen molar-refractivity contribution in [2.45, 2.75) is 13.8 Å². The van der Waals surface area contributed by atoms with E-state index in [-0.39, 0.29) is 18.5 Å². The van der Waals surface area contributed by atoms with Crippen LogP contribution in [-0.4, -0.2) is 80.2 Å². The monoisotopic (exact) mass is 434 g/mol. The molecule has 0 unspecified atom stereocenters. The number of aryl methyl sites for hydroxylation is 2. The van der Waals surface area contributed by atoms with Gasteiger partial charge < -0.3 is 10.0 Å². The van der Waals surface area contributed by atoms with Gasteiger partial charge in [-0.15, -0.1) is 0 Å². The number of piperazine rings is 1. The van der Waals surface area contributed by atoms with Gasteiger partial charge in [0.2, 0.25) is 5.95 Å². The summed E-state index contributed by atoms with van der Waals surface area (Å²) in [7, 11) is 0. The highest BCUT2D eigenvalue weighted by atomic mass is 16.3. The standard InChI is InChI=1S/C22H26N8O2/c1-15-17(6-7-19(24-15)30-11-9-29(10-12-30)13-14-31)21(32)28-22-26-16(2)25-20(27-22)18-5-3-4-8-23-18/h3-8,31H,9-14H2,1-2H3,(H,25,26,27,28,32). The molecule has 166 valence electrons. The molecule has 4 heterocycles. The lowest BCUT2D eigenvalue weighted by Crippen LogP contribution is -2.47. The van der Waals surface area contributed by atoms with E-state index in [0.29, 0.717) is 35.1 Å². The van der Waals surface area contributed by atoms with Crippen LogP contribution in [0, 0.1) is 13.8 Å². The third-order valence-corrected chi connectivity index (χ3v) is 5.29. The summed E-state index contributed by atoms with van der Waals surface area (Å²) in [6.45, 7) is 7.84. The lowest BCUT2D eigenvalue weighted by molar-refractivity contribution is 0.102. The number of nitrogens with one attached hydrogen (secondary N) is 1. The fourth-order valence-corrected chi connectivity index (χ4v) is 3.62. The summed E-state index contributed by atoms with van der Waals surface area (Å²) < 4.78 is 0. The van der Waals surface area contributed by atoms with Gasteiger partial charge in [0.25, 0.3) is 5.91 Å². The average Bonchev–Trinajstić information content (AvgIpc) is 2.80. The largest absolute Gasteiger partial charge is 0.395 e. The molecule has 0 radical (unpaired) electrons. The average molecular weight is 435 g/mol. The first-order chi connectivity index (χ1) is 15.5. The number of carbonyl (C=O) groups is 1. The summed E-state index contributed by atoms with van der Waals surface area (Å²) in [4.78, 5) is 39.1. The summed E-state index contributed by atoms with van der Waals surface area (Å²) >= 11 is 0. The Balaban J connectivity index is 1.47. The van der Waals surface area contributed by atoms with Crippen LogP contribution in [0.1, 0.15) is 21.9 Å². The van der Waals surface area contributed by atoms with Gasteiger partial charge >= 0.3 is 0 Å². The van der Waals surface area contributed by atoms with Crippen LogP contribution in [0.25, 0.3) is 11.5 Å². The number of pyridine rings is 2. The number of hydrogen-bond acceptors (Lipinski definition) is 9. The number of anilines is 2. The van der Waals surface area contributed by atoms with E-state index in [2.05, 4.69) is 40.0 Å². The molecule has 0 aromatic carbocycles. The Morgan fingerprint density at radius 1 is 1.03 bits per heavy atom. The maximum atomic E-state index is 12.9. The van der Waals surface area contributed by atoms with Crippen LogP contribution < -0.4 is 10.2 Å². The molecular formula is C22H26N8O2. The highest BCUT2D eigenvalue weighted by Crippen LogP contribution is 2.18. The third kappa shape index (κ3) is 5.04. The zero-order valence-electron chi connectivity index (χ0n) is 18.2. The van der Waals surface area contributed by atoms with Crippen LogP contribution in [0.2, 0.25) is 0 Å². The molecular weight excluding hydrogens is 408 g/mol. The number of carbonyl (C=O) groups excluding carboxylic acids is 1. The Morgan fingerprint density at radius 3 is 2.53 bits per heavy atom. The van der Waals surface area contributed by atoms with Crippen molar-refractivity contribution in [1.29, 1.82) is 0 Å². The summed E-state index contributed by atoms with van der Waals surface area (Å²) in [5.41, 5.74) is 1.70. The quantitative estimate of drug-likeness (QED) is 0.591. The van der Waals surface area contributed by atoms with E-state index in [0.717, 1.165) is 32.0 Å². The number of aromatic nitrogens is 5. The van der Waals surface area contributed by atoms with Gasteiger partial charge in [-0.25, -0.2) is 9.97 Å². The Bertz CT molecular complexity index is 1080. The van der Waals surface area contributed by atoms with Gasteiger partial charge in [0.1, 0.15) is 17.3 Å². The predicted molar refractivity (Wildman–Crippen MR) is 120 cm³/mol. The van der Waals surface area contributed by atoms with Crippen LogP contribution in [0.5, 0.6) is 0 Å². The van der Waals surface area contributed by atoms with E-state index in [9.17, 15) is 4.79 Å². The fourth-order valence-electron chi connectivity index (χ4n) is 3.62. The van der Waals surface area contributed by atoms with E-state index in [4.69, 9.17) is 5.11 Å². The van der Waals surface area contributed by atoms with Crippen LogP contribution >= 0.6 is 0 Å². The molecule has 0 spiro atoms. The summed E-state index contributed by atoms with van der Waals surface area (Å²) in [5.74, 6) is 1.58. The second-order valence-corrected chi connectivity index (χ2v) is 7.55. The first-order valence-electron chi connectivity index (χ1n) is 10.5. The van der Waals surface area contributed by atoms with Crippen molar-refractivity contribution in [3.05, 3.63) is 53.6 Å². The summed E-state index contributed by atoms with van der Waals surface area (Å²) in [6.07, 6.45) is 1.66. The van der Waals surface area contributed by atoms with E-state index >= 15 is 0 Å². The summed E-state index contributed by atoms with van der Waals surface area (Å²) in [6, 6.07) is 9.11. The van der Waals surface area contributed by atoms with Crippen molar-refractivity contribution in [1.82, 2.24) is 29.8 Å². The Morgan fingerprint density at radius 2 is 1.84 bits per heavy atom. The highest BCUT2D eigenvalue weighted by Gasteiger charge is 2.20. The molecule has 0 saturated carbocycles. The van der Waals surface area contributed by atoms with Gasteiger partial charge in [-0.2, -0.15) is 9.97 Å². The number of β-amino-alcohol motifs (C(OH)–C–C–N with tert-alkyl or cyclic N) is 1. The van der Waals surface area contributed by atoms with E-state index in [1.54, 1.807) is 25.3 Å². The second kappa shape index (κ2) is 9.75. The molecule has 1 saturated heterocycles. The fraction of sp³-hybridized carbons (Fsp3) is 0.364. The number of aliphatic hydroxyl groups excluding tert-OH is 1. The molecule has 10 nitrogen and oxygen atoms in total. The van der Waals surface area contributed by atoms with Crippen molar-refractivity contribution < 1.29 is 9.90 Å². The Hall–Kier alpha value is -3.50. The number of amides is 1. The molecule has 1 aliphatic rings. The Labute approximate surface area is 186 Å². The molecule has 3 aromatic rings. The maximum absolute atomic E-state index is 12.9. The van der Waals surface area contributed by atoms with Crippen molar-refractivity contribution >= 4 is 17.7 Å². The van der Waals surface area contributed by atoms with E-state index < -0.39 is 0 Å². The SMILES string of the molecule is Cc1nc(NC(=O)c2ccc(N3CCN(CCO)CC3)nc2C)nc(-c2ccccn2)n1. The van der Waals surface area contributed by atoms with Gasteiger partial charge in [-0.3, -0.25) is 20.0 Å². The first-order valence-corrected chi connectivity index (χ1v) is 10.5. The van der Waals surface area contributed by atoms with Crippen LogP contribution in [0.15, 0.2) is 36.5 Å². The van der Waals surface area contributed by atoms with Crippen molar-refractivity contribution in [2.75, 3.05) is 49.5 Å². The van der Waals surface area contributed by atoms with E-state index in [1.165, 1.54) is 0 Å². The molecule has 1 fully saturated rings. The maximum Gasteiger partial charge on any atom is 0.259 e. The lowest BCUT2D eigenvalue weighted by atomic mass is 10.2. The zero-order valence-corrected chi connectivity index (χ0v) is 18.2. The minimum absolute atomic E-state index is 0.172. The van der Waals surface area contributed by atoms with Crippen LogP contribution in [-0.2, 0) is 0 Å². The smallest absolute Gasteiger partial charge is 0.259 e. The van der Waals surface area contributed by atoms with Crippen LogP contribution in [0.4, 0.5) is 11.8 Å². The predicted octanol–water partition coefficient (Wildman–Crippen LogP) is 1.31. The molecule has 1 aliphatic heterocycles. The number of hydrogen-bond donors (Lipinski definition) is 2. The number of rotatable bonds is 6.